The fourth-order valence-corrected chi connectivity index (χ4v) is 4.35. The highest BCUT2D eigenvalue weighted by Crippen LogP contribution is 2.42. The maximum absolute atomic E-state index is 13.4. The molecule has 4 rings (SSSR count). The second-order valence-electron chi connectivity index (χ2n) is 9.95. The van der Waals surface area contributed by atoms with Crippen molar-refractivity contribution < 1.29 is 24.2 Å². The van der Waals surface area contributed by atoms with Gasteiger partial charge in [-0.2, -0.15) is 0 Å². The summed E-state index contributed by atoms with van der Waals surface area (Å²) in [6, 6.07) is 20.3. The van der Waals surface area contributed by atoms with Gasteiger partial charge in [0.25, 0.3) is 11.7 Å². The van der Waals surface area contributed by atoms with Crippen LogP contribution in [-0.4, -0.2) is 29.9 Å². The van der Waals surface area contributed by atoms with E-state index in [1.807, 2.05) is 43.3 Å². The minimum atomic E-state index is -0.881. The van der Waals surface area contributed by atoms with Gasteiger partial charge in [-0.15, -0.1) is 0 Å². The summed E-state index contributed by atoms with van der Waals surface area (Å²) in [7, 11) is 1.28. The van der Waals surface area contributed by atoms with Crippen molar-refractivity contribution in [3.05, 3.63) is 106 Å². The van der Waals surface area contributed by atoms with E-state index in [0.717, 1.165) is 11.1 Å². The molecule has 0 radical (unpaired) electrons. The largest absolute Gasteiger partial charge is 0.507 e. The number of rotatable bonds is 4. The van der Waals surface area contributed by atoms with Gasteiger partial charge in [0.1, 0.15) is 5.76 Å². The molecule has 1 aliphatic rings. The monoisotopic (exact) mass is 483 g/mol. The number of aryl methyl sites for hydroxylation is 1. The highest BCUT2D eigenvalue weighted by Gasteiger charge is 2.47. The summed E-state index contributed by atoms with van der Waals surface area (Å²) in [4.78, 5) is 40.2. The van der Waals surface area contributed by atoms with E-state index in [4.69, 9.17) is 4.74 Å². The second-order valence-corrected chi connectivity index (χ2v) is 9.95. The van der Waals surface area contributed by atoms with Crippen molar-refractivity contribution in [3.8, 4) is 0 Å². The third-order valence-corrected chi connectivity index (χ3v) is 6.41. The van der Waals surface area contributed by atoms with Crippen LogP contribution in [0.5, 0.6) is 0 Å². The maximum Gasteiger partial charge on any atom is 0.337 e. The Balaban J connectivity index is 1.93. The van der Waals surface area contributed by atoms with Crippen LogP contribution < -0.4 is 4.90 Å². The molecule has 3 aromatic rings. The first-order chi connectivity index (χ1) is 17.0. The summed E-state index contributed by atoms with van der Waals surface area (Å²) in [5.41, 5.74) is 3.71. The van der Waals surface area contributed by atoms with Crippen molar-refractivity contribution >= 4 is 29.1 Å². The molecule has 0 aromatic heterocycles. The smallest absolute Gasteiger partial charge is 0.337 e. The van der Waals surface area contributed by atoms with Gasteiger partial charge in [0.2, 0.25) is 0 Å². The molecular formula is C30H29NO5. The highest BCUT2D eigenvalue weighted by atomic mass is 16.5. The molecule has 6 heteroatoms. The number of ether oxygens (including phenoxy) is 1. The average molecular weight is 484 g/mol. The summed E-state index contributed by atoms with van der Waals surface area (Å²) in [6.07, 6.45) is 0. The Bertz CT molecular complexity index is 1360. The molecule has 0 spiro atoms. The van der Waals surface area contributed by atoms with E-state index >= 15 is 0 Å². The minimum absolute atomic E-state index is 0.00386. The molecule has 1 unspecified atom stereocenters. The number of anilines is 1. The van der Waals surface area contributed by atoms with E-state index in [9.17, 15) is 19.5 Å². The fraction of sp³-hybridized carbons (Fsp3) is 0.233. The molecule has 1 heterocycles. The van der Waals surface area contributed by atoms with Crippen LogP contribution in [0.15, 0.2) is 78.4 Å². The summed E-state index contributed by atoms with van der Waals surface area (Å²) in [5.74, 6) is -2.37. The Kier molecular flexibility index (Phi) is 6.55. The first-order valence-corrected chi connectivity index (χ1v) is 11.7. The molecule has 184 valence electrons. The van der Waals surface area contributed by atoms with Gasteiger partial charge in [0.15, 0.2) is 0 Å². The molecule has 0 aliphatic carbocycles. The lowest BCUT2D eigenvalue weighted by molar-refractivity contribution is -0.132. The van der Waals surface area contributed by atoms with Crippen LogP contribution in [0.1, 0.15) is 59.4 Å². The van der Waals surface area contributed by atoms with Gasteiger partial charge >= 0.3 is 5.97 Å². The number of Topliss-reactive ketones (excluding diaryl/α,β-unsaturated/α-hetero) is 1. The number of hydrogen-bond donors (Lipinski definition) is 1. The number of esters is 1. The van der Waals surface area contributed by atoms with E-state index in [1.54, 1.807) is 30.3 Å². The van der Waals surface area contributed by atoms with Gasteiger partial charge in [-0.05, 0) is 41.7 Å². The number of carbonyl (C=O) groups is 3. The molecule has 6 nitrogen and oxygen atoms in total. The lowest BCUT2D eigenvalue weighted by Gasteiger charge is -2.27. The highest BCUT2D eigenvalue weighted by molar-refractivity contribution is 6.51. The van der Waals surface area contributed by atoms with Crippen molar-refractivity contribution in [2.75, 3.05) is 12.0 Å². The molecule has 36 heavy (non-hydrogen) atoms. The fourth-order valence-electron chi connectivity index (χ4n) is 4.35. The van der Waals surface area contributed by atoms with Gasteiger partial charge in [-0.3, -0.25) is 14.5 Å². The second kappa shape index (κ2) is 9.46. The van der Waals surface area contributed by atoms with Crippen molar-refractivity contribution in [1.29, 1.82) is 0 Å². The van der Waals surface area contributed by atoms with E-state index in [2.05, 4.69) is 20.8 Å². The first kappa shape index (κ1) is 24.9. The predicted molar refractivity (Wildman–Crippen MR) is 139 cm³/mol. The third-order valence-electron chi connectivity index (χ3n) is 6.41. The van der Waals surface area contributed by atoms with Crippen LogP contribution in [0.3, 0.4) is 0 Å². The van der Waals surface area contributed by atoms with Gasteiger partial charge in [0, 0.05) is 11.3 Å². The number of ketones is 1. The van der Waals surface area contributed by atoms with Gasteiger partial charge in [0.05, 0.1) is 24.3 Å². The van der Waals surface area contributed by atoms with Crippen LogP contribution >= 0.6 is 0 Å². The van der Waals surface area contributed by atoms with Crippen molar-refractivity contribution in [3.63, 3.8) is 0 Å². The topological polar surface area (TPSA) is 83.9 Å². The van der Waals surface area contributed by atoms with Crippen molar-refractivity contribution in [2.24, 2.45) is 0 Å². The zero-order chi connectivity index (χ0) is 26.2. The zero-order valence-electron chi connectivity index (χ0n) is 21.0. The molecule has 3 aromatic carbocycles. The van der Waals surface area contributed by atoms with Gasteiger partial charge < -0.3 is 9.84 Å². The quantitative estimate of drug-likeness (QED) is 0.223. The summed E-state index contributed by atoms with van der Waals surface area (Å²) >= 11 is 0. The lowest BCUT2D eigenvalue weighted by Crippen LogP contribution is -2.29. The van der Waals surface area contributed by atoms with Crippen molar-refractivity contribution in [2.45, 2.75) is 39.2 Å². The summed E-state index contributed by atoms with van der Waals surface area (Å²) < 4.78 is 4.83. The molecule has 0 bridgehead atoms. The molecule has 1 saturated heterocycles. The first-order valence-electron chi connectivity index (χ1n) is 11.7. The molecule has 1 N–H and O–H groups in total. The maximum atomic E-state index is 13.4. The molecule has 1 aliphatic heterocycles. The van der Waals surface area contributed by atoms with E-state index in [-0.39, 0.29) is 22.3 Å². The van der Waals surface area contributed by atoms with Crippen LogP contribution in [0.2, 0.25) is 0 Å². The number of nitrogens with zero attached hydrogens (tertiary/aromatic N) is 1. The number of carbonyl (C=O) groups excluding carboxylic acids is 3. The Morgan fingerprint density at radius 1 is 0.917 bits per heavy atom. The number of amides is 1. The van der Waals surface area contributed by atoms with E-state index in [1.165, 1.54) is 18.1 Å². The molecular weight excluding hydrogens is 454 g/mol. The SMILES string of the molecule is COC(=O)c1cccc(N2C(=O)C(=O)/C(=C(/O)c3ccc(C)cc3)C2c2ccc(C(C)(C)C)cc2)c1. The van der Waals surface area contributed by atoms with Crippen molar-refractivity contribution in [1.82, 2.24) is 0 Å². The number of methoxy groups -OCH3 is 1. The third kappa shape index (κ3) is 4.54. The zero-order valence-corrected chi connectivity index (χ0v) is 21.0. The van der Waals surface area contributed by atoms with Gasteiger partial charge in [-0.1, -0.05) is 80.9 Å². The van der Waals surface area contributed by atoms with E-state index < -0.39 is 23.7 Å². The normalized spacial score (nSPS) is 17.4. The van der Waals surface area contributed by atoms with Gasteiger partial charge in [-0.25, -0.2) is 4.79 Å². The Labute approximate surface area is 210 Å². The average Bonchev–Trinajstić information content (AvgIpc) is 3.13. The molecule has 1 amide bonds. The van der Waals surface area contributed by atoms with Crippen LogP contribution in [-0.2, 0) is 19.7 Å². The molecule has 0 saturated carbocycles. The molecule has 1 fully saturated rings. The van der Waals surface area contributed by atoms with Crippen LogP contribution in [0.25, 0.3) is 5.76 Å². The minimum Gasteiger partial charge on any atom is -0.507 e. The number of aliphatic hydroxyl groups excluding tert-OH is 1. The number of benzene rings is 3. The predicted octanol–water partition coefficient (Wildman–Crippen LogP) is 5.71. The summed E-state index contributed by atoms with van der Waals surface area (Å²) in [6.45, 7) is 8.23. The lowest BCUT2D eigenvalue weighted by atomic mass is 9.85. The van der Waals surface area contributed by atoms with Crippen LogP contribution in [0.4, 0.5) is 5.69 Å². The number of hydrogen-bond acceptors (Lipinski definition) is 5. The summed E-state index contributed by atoms with van der Waals surface area (Å²) in [5, 5.41) is 11.3. The molecule has 1 atom stereocenters. The van der Waals surface area contributed by atoms with E-state index in [0.29, 0.717) is 16.8 Å². The Morgan fingerprint density at radius 2 is 1.56 bits per heavy atom. The number of aliphatic hydroxyl groups is 1. The Hall–Kier alpha value is -4.19. The standard InChI is InChI=1S/C30H29NO5/c1-18-9-11-20(12-10-18)26(32)24-25(19-13-15-22(16-14-19)30(2,3)4)31(28(34)27(24)33)23-8-6-7-21(17-23)29(35)36-5/h6-17,25,32H,1-5H3/b26-24+. The Morgan fingerprint density at radius 3 is 2.14 bits per heavy atom. The van der Waals surface area contributed by atoms with Crippen LogP contribution in [0, 0.1) is 6.92 Å².